The third-order valence-corrected chi connectivity index (χ3v) is 3.40. The van der Waals surface area contributed by atoms with Gasteiger partial charge in [-0.05, 0) is 38.1 Å². The van der Waals surface area contributed by atoms with Gasteiger partial charge in [-0.1, -0.05) is 11.6 Å². The lowest BCUT2D eigenvalue weighted by Gasteiger charge is -2.14. The van der Waals surface area contributed by atoms with E-state index in [-0.39, 0.29) is 11.9 Å². The second-order valence-corrected chi connectivity index (χ2v) is 5.54. The van der Waals surface area contributed by atoms with E-state index >= 15 is 0 Å². The van der Waals surface area contributed by atoms with Crippen LogP contribution in [0, 0.1) is 0 Å². The molecule has 3 N–H and O–H groups in total. The number of nitrogens with one attached hydrogen (secondary N) is 1. The Hall–Kier alpha value is -2.12. The number of aromatic nitrogens is 3. The van der Waals surface area contributed by atoms with Gasteiger partial charge < -0.3 is 15.8 Å². The summed E-state index contributed by atoms with van der Waals surface area (Å²) in [5.74, 6) is 0.348. The van der Waals surface area contributed by atoms with Crippen molar-refractivity contribution < 1.29 is 9.53 Å². The van der Waals surface area contributed by atoms with Gasteiger partial charge in [-0.3, -0.25) is 9.48 Å². The minimum Gasteiger partial charge on any atom is -0.492 e. The summed E-state index contributed by atoms with van der Waals surface area (Å²) in [4.78, 5) is 16.1. The van der Waals surface area contributed by atoms with E-state index in [4.69, 9.17) is 22.1 Å². The summed E-state index contributed by atoms with van der Waals surface area (Å²) in [5, 5.41) is 7.30. The van der Waals surface area contributed by atoms with Gasteiger partial charge in [-0.25, -0.2) is 4.98 Å². The molecule has 0 saturated carbocycles. The number of amides is 1. The number of nitrogens with two attached hydrogens (primary N) is 1. The maximum Gasteiger partial charge on any atom is 0.251 e. The van der Waals surface area contributed by atoms with Gasteiger partial charge in [0.05, 0.1) is 18.2 Å². The lowest BCUT2D eigenvalue weighted by Crippen LogP contribution is -2.35. The normalized spacial score (nSPS) is 12.0. The molecule has 0 aliphatic heterocycles. The predicted octanol–water partition coefficient (Wildman–Crippen LogP) is 1.48. The molecule has 23 heavy (non-hydrogen) atoms. The van der Waals surface area contributed by atoms with E-state index in [1.165, 1.54) is 6.33 Å². The number of carbonyl (C=O) groups excluding carboxylic acids is 1. The zero-order valence-electron chi connectivity index (χ0n) is 12.9. The maximum absolute atomic E-state index is 12.2. The van der Waals surface area contributed by atoms with Crippen LogP contribution in [-0.2, 0) is 6.54 Å². The number of carbonyl (C=O) groups is 1. The first-order chi connectivity index (χ1) is 11.1. The van der Waals surface area contributed by atoms with Gasteiger partial charge in [0.15, 0.2) is 0 Å². The average molecular weight is 338 g/mol. The van der Waals surface area contributed by atoms with Gasteiger partial charge >= 0.3 is 0 Å². The van der Waals surface area contributed by atoms with Crippen LogP contribution in [0.25, 0.3) is 0 Å². The lowest BCUT2D eigenvalue weighted by molar-refractivity contribution is 0.0936. The van der Waals surface area contributed by atoms with Crippen molar-refractivity contribution >= 4 is 17.5 Å². The molecule has 2 rings (SSSR count). The molecule has 2 aromatic rings. The molecule has 1 amide bonds. The first kappa shape index (κ1) is 17.2. The van der Waals surface area contributed by atoms with E-state index in [1.807, 2.05) is 6.92 Å². The van der Waals surface area contributed by atoms with Crippen LogP contribution in [0.1, 0.15) is 23.7 Å². The van der Waals surface area contributed by atoms with Crippen molar-refractivity contribution in [2.75, 3.05) is 13.2 Å². The number of hydrogen-bond acceptors (Lipinski definition) is 5. The summed E-state index contributed by atoms with van der Waals surface area (Å²) in [6, 6.07) is 4.87. The second kappa shape index (κ2) is 8.50. The highest BCUT2D eigenvalue weighted by Gasteiger charge is 2.13. The van der Waals surface area contributed by atoms with Crippen LogP contribution in [0.5, 0.6) is 5.75 Å². The standard InChI is InChI=1S/C15H20ClN5O2/c1-11(8-21-10-18-9-19-21)20-15(22)12-3-4-14(13(16)7-12)23-6-2-5-17/h3-4,7,9-11H,2,5-6,8,17H2,1H3,(H,20,22)/t11-/m0/s1. The Kier molecular flexibility index (Phi) is 6.37. The molecule has 0 aliphatic rings. The summed E-state index contributed by atoms with van der Waals surface area (Å²) in [7, 11) is 0. The Morgan fingerprint density at radius 3 is 3.00 bits per heavy atom. The van der Waals surface area contributed by atoms with Gasteiger partial charge in [0.2, 0.25) is 0 Å². The molecule has 7 nitrogen and oxygen atoms in total. The third-order valence-electron chi connectivity index (χ3n) is 3.11. The van der Waals surface area contributed by atoms with E-state index in [0.29, 0.717) is 36.0 Å². The van der Waals surface area contributed by atoms with Gasteiger partial charge in [0, 0.05) is 11.6 Å². The molecule has 1 aromatic heterocycles. The highest BCUT2D eigenvalue weighted by molar-refractivity contribution is 6.32. The van der Waals surface area contributed by atoms with Crippen molar-refractivity contribution in [3.63, 3.8) is 0 Å². The fourth-order valence-corrected chi connectivity index (χ4v) is 2.22. The fraction of sp³-hybridized carbons (Fsp3) is 0.400. The van der Waals surface area contributed by atoms with Crippen molar-refractivity contribution in [1.29, 1.82) is 0 Å². The summed E-state index contributed by atoms with van der Waals surface area (Å²) < 4.78 is 7.16. The zero-order valence-corrected chi connectivity index (χ0v) is 13.7. The summed E-state index contributed by atoms with van der Waals surface area (Å²) in [5.41, 5.74) is 5.89. The smallest absolute Gasteiger partial charge is 0.251 e. The molecule has 1 aromatic carbocycles. The molecular weight excluding hydrogens is 318 g/mol. The highest BCUT2D eigenvalue weighted by atomic mass is 35.5. The molecule has 0 fully saturated rings. The first-order valence-electron chi connectivity index (χ1n) is 7.36. The van der Waals surface area contributed by atoms with E-state index in [9.17, 15) is 4.79 Å². The van der Waals surface area contributed by atoms with Crippen LogP contribution in [0.15, 0.2) is 30.9 Å². The Balaban J connectivity index is 1.92. The fourth-order valence-electron chi connectivity index (χ4n) is 1.98. The number of benzene rings is 1. The van der Waals surface area contributed by atoms with E-state index in [2.05, 4.69) is 15.4 Å². The van der Waals surface area contributed by atoms with Crippen molar-refractivity contribution in [1.82, 2.24) is 20.1 Å². The van der Waals surface area contributed by atoms with Crippen LogP contribution in [0.2, 0.25) is 5.02 Å². The molecular formula is C15H20ClN5O2. The van der Waals surface area contributed by atoms with Crippen LogP contribution in [0.4, 0.5) is 0 Å². The SMILES string of the molecule is C[C@@H](Cn1cncn1)NC(=O)c1ccc(OCCCN)c(Cl)c1. The molecule has 0 aliphatic carbocycles. The number of rotatable bonds is 8. The minimum atomic E-state index is -0.201. The number of nitrogens with zero attached hydrogens (tertiary/aromatic N) is 3. The van der Waals surface area contributed by atoms with Crippen molar-refractivity contribution in [3.05, 3.63) is 41.4 Å². The van der Waals surface area contributed by atoms with E-state index in [1.54, 1.807) is 29.2 Å². The summed E-state index contributed by atoms with van der Waals surface area (Å²) >= 11 is 6.15. The van der Waals surface area contributed by atoms with Crippen LogP contribution < -0.4 is 15.8 Å². The van der Waals surface area contributed by atoms with Gasteiger partial charge in [-0.2, -0.15) is 5.10 Å². The lowest BCUT2D eigenvalue weighted by atomic mass is 10.2. The molecule has 0 saturated heterocycles. The Morgan fingerprint density at radius 1 is 1.52 bits per heavy atom. The quantitative estimate of drug-likeness (QED) is 0.711. The molecule has 0 unspecified atom stereocenters. The van der Waals surface area contributed by atoms with Crippen LogP contribution in [-0.4, -0.2) is 39.9 Å². The number of halogens is 1. The summed E-state index contributed by atoms with van der Waals surface area (Å²) in [6.45, 7) is 3.49. The minimum absolute atomic E-state index is 0.0940. The van der Waals surface area contributed by atoms with Crippen molar-refractivity contribution in [3.8, 4) is 5.75 Å². The van der Waals surface area contributed by atoms with Crippen LogP contribution in [0.3, 0.4) is 0 Å². The monoisotopic (exact) mass is 337 g/mol. The van der Waals surface area contributed by atoms with E-state index in [0.717, 1.165) is 6.42 Å². The molecule has 1 atom stereocenters. The maximum atomic E-state index is 12.2. The molecule has 8 heteroatoms. The van der Waals surface area contributed by atoms with E-state index < -0.39 is 0 Å². The topological polar surface area (TPSA) is 95.1 Å². The summed E-state index contributed by atoms with van der Waals surface area (Å²) in [6.07, 6.45) is 3.81. The van der Waals surface area contributed by atoms with Crippen molar-refractivity contribution in [2.45, 2.75) is 25.9 Å². The second-order valence-electron chi connectivity index (χ2n) is 5.13. The third kappa shape index (κ3) is 5.22. The molecule has 0 spiro atoms. The van der Waals surface area contributed by atoms with Gasteiger partial charge in [-0.15, -0.1) is 0 Å². The molecule has 1 heterocycles. The Labute approximate surface area is 139 Å². The molecule has 124 valence electrons. The number of hydrogen-bond donors (Lipinski definition) is 2. The van der Waals surface area contributed by atoms with Gasteiger partial charge in [0.1, 0.15) is 18.4 Å². The Bertz CT molecular complexity index is 633. The predicted molar refractivity (Wildman–Crippen MR) is 87.6 cm³/mol. The zero-order chi connectivity index (χ0) is 16.7. The average Bonchev–Trinajstić information content (AvgIpc) is 3.01. The van der Waals surface area contributed by atoms with Crippen LogP contribution >= 0.6 is 11.6 Å². The van der Waals surface area contributed by atoms with Crippen molar-refractivity contribution in [2.24, 2.45) is 5.73 Å². The number of ether oxygens (including phenoxy) is 1. The highest BCUT2D eigenvalue weighted by Crippen LogP contribution is 2.25. The Morgan fingerprint density at radius 2 is 2.35 bits per heavy atom. The first-order valence-corrected chi connectivity index (χ1v) is 7.73. The largest absolute Gasteiger partial charge is 0.492 e. The molecule has 0 bridgehead atoms. The molecule has 0 radical (unpaired) electrons. The van der Waals surface area contributed by atoms with Gasteiger partial charge in [0.25, 0.3) is 5.91 Å².